The Bertz CT molecular complexity index is 870. The molecule has 0 atom stereocenters. The van der Waals surface area contributed by atoms with Crippen LogP contribution in [0.2, 0.25) is 5.02 Å². The van der Waals surface area contributed by atoms with E-state index in [1.54, 1.807) is 47.3 Å². The molecule has 1 aromatic carbocycles. The van der Waals surface area contributed by atoms with Crippen LogP contribution in [0.4, 0.5) is 0 Å². The number of ketones is 1. The van der Waals surface area contributed by atoms with Gasteiger partial charge in [0, 0.05) is 28.3 Å². The number of carbonyl (C=O) groups excluding carboxylic acids is 1. The smallest absolute Gasteiger partial charge is 0.260 e. The second kappa shape index (κ2) is 7.33. The lowest BCUT2D eigenvalue weighted by molar-refractivity contribution is -0.577. The zero-order chi connectivity index (χ0) is 16.8. The van der Waals surface area contributed by atoms with Crippen molar-refractivity contribution in [1.29, 1.82) is 10.7 Å². The van der Waals surface area contributed by atoms with Crippen LogP contribution in [-0.2, 0) is 0 Å². The summed E-state index contributed by atoms with van der Waals surface area (Å²) in [4.78, 5) is 12.8. The first-order valence-electron chi connectivity index (χ1n) is 6.75. The first-order valence-corrected chi connectivity index (χ1v) is 7.13. The maximum atomic E-state index is 12.8. The van der Waals surface area contributed by atoms with Crippen molar-refractivity contribution in [1.82, 2.24) is 0 Å². The van der Waals surface area contributed by atoms with Crippen molar-refractivity contribution in [3.05, 3.63) is 76.6 Å². The topological polar surface area (TPSA) is 68.6 Å². The maximum Gasteiger partial charge on any atom is 0.260 e. The second-order valence-electron chi connectivity index (χ2n) is 4.80. The molecule has 4 nitrogen and oxygen atoms in total. The van der Waals surface area contributed by atoms with Crippen LogP contribution in [0.3, 0.4) is 0 Å². The molecular formula is C18H13ClN3O+. The van der Waals surface area contributed by atoms with Crippen LogP contribution >= 0.6 is 11.6 Å². The molecule has 5 heteroatoms. The van der Waals surface area contributed by atoms with Gasteiger partial charge in [-0.1, -0.05) is 11.6 Å². The molecule has 1 N–H and O–H groups in total. The van der Waals surface area contributed by atoms with Crippen molar-refractivity contribution in [2.75, 3.05) is 0 Å². The molecule has 0 saturated carbocycles. The van der Waals surface area contributed by atoms with Gasteiger partial charge in [-0.05, 0) is 43.1 Å². The average Bonchev–Trinajstić information content (AvgIpc) is 2.56. The lowest BCUT2D eigenvalue weighted by Gasteiger charge is -2.02. The van der Waals surface area contributed by atoms with Gasteiger partial charge in [0.15, 0.2) is 12.4 Å². The Morgan fingerprint density at radius 1 is 1.30 bits per heavy atom. The number of nitriles is 1. The van der Waals surface area contributed by atoms with Crippen LogP contribution in [0.15, 0.2) is 60.4 Å². The molecule has 0 radical (unpaired) electrons. The van der Waals surface area contributed by atoms with Crippen LogP contribution < -0.4 is 4.57 Å². The van der Waals surface area contributed by atoms with E-state index in [2.05, 4.69) is 0 Å². The molecule has 0 unspecified atom stereocenters. The third kappa shape index (κ3) is 4.02. The van der Waals surface area contributed by atoms with E-state index in [9.17, 15) is 4.79 Å². The highest BCUT2D eigenvalue weighted by Crippen LogP contribution is 2.14. The lowest BCUT2D eigenvalue weighted by atomic mass is 10.1. The van der Waals surface area contributed by atoms with Crippen molar-refractivity contribution in [2.45, 2.75) is 6.92 Å². The van der Waals surface area contributed by atoms with E-state index in [0.29, 0.717) is 10.6 Å². The van der Waals surface area contributed by atoms with E-state index >= 15 is 0 Å². The Morgan fingerprint density at radius 3 is 2.57 bits per heavy atom. The number of nitrogens with one attached hydrogen (secondary N) is 1. The molecule has 0 bridgehead atoms. The summed E-state index contributed by atoms with van der Waals surface area (Å²) in [5.74, 6) is 1.75. The Labute approximate surface area is 139 Å². The molecule has 1 aromatic heterocycles. The summed E-state index contributed by atoms with van der Waals surface area (Å²) in [7, 11) is 0. The van der Waals surface area contributed by atoms with E-state index < -0.39 is 0 Å². The number of halogens is 1. The number of Topliss-reactive ketones (excluding diaryl/α,β-unsaturated/α-hetero) is 1. The fourth-order valence-corrected chi connectivity index (χ4v) is 2.11. The molecular weight excluding hydrogens is 310 g/mol. The molecule has 0 aliphatic heterocycles. The van der Waals surface area contributed by atoms with Crippen LogP contribution in [-0.4, -0.2) is 11.7 Å². The Kier molecular flexibility index (Phi) is 5.22. The van der Waals surface area contributed by atoms with Crippen LogP contribution in [0.25, 0.3) is 5.70 Å². The number of aryl methyl sites for hydroxylation is 1. The van der Waals surface area contributed by atoms with Crippen LogP contribution in [0.5, 0.6) is 0 Å². The van der Waals surface area contributed by atoms with Gasteiger partial charge in [-0.3, -0.25) is 10.2 Å². The van der Waals surface area contributed by atoms with E-state index in [1.165, 1.54) is 6.08 Å². The van der Waals surface area contributed by atoms with Crippen molar-refractivity contribution in [2.24, 2.45) is 0 Å². The Balaban J connectivity index is 2.58. The van der Waals surface area contributed by atoms with Gasteiger partial charge in [-0.15, -0.1) is 0 Å². The number of pyridine rings is 1. The molecule has 2 aromatic rings. The number of benzene rings is 1. The van der Waals surface area contributed by atoms with Crippen molar-refractivity contribution in [3.63, 3.8) is 0 Å². The predicted octanol–water partition coefficient (Wildman–Crippen LogP) is 3.36. The molecule has 0 aliphatic rings. The van der Waals surface area contributed by atoms with Crippen molar-refractivity contribution in [3.8, 4) is 6.07 Å². The van der Waals surface area contributed by atoms with Crippen LogP contribution in [0.1, 0.15) is 15.9 Å². The number of hydrogen-bond donors (Lipinski definition) is 1. The average molecular weight is 323 g/mol. The molecule has 0 spiro atoms. The highest BCUT2D eigenvalue weighted by Gasteiger charge is 2.22. The largest absolute Gasteiger partial charge is 0.282 e. The quantitative estimate of drug-likeness (QED) is 0.234. The standard InChI is InChI=1S/C18H13ClN3O/c1-13-3-2-8-22(12-13)17(9-14(10-20)11-21)18(23)15-4-6-16(19)7-5-15/h2-9,12,20H,1H3/q+1/b17-9-. The maximum absolute atomic E-state index is 12.8. The van der Waals surface area contributed by atoms with Gasteiger partial charge in [0.1, 0.15) is 11.6 Å². The Hall–Kier alpha value is -2.99. The molecule has 0 amide bonds. The fourth-order valence-electron chi connectivity index (χ4n) is 1.98. The number of hydrogen-bond acceptors (Lipinski definition) is 3. The third-order valence-electron chi connectivity index (χ3n) is 3.10. The van der Waals surface area contributed by atoms with Crippen LogP contribution in [0, 0.1) is 23.7 Å². The lowest BCUT2D eigenvalue weighted by Crippen LogP contribution is -2.36. The summed E-state index contributed by atoms with van der Waals surface area (Å²) in [6, 6.07) is 12.0. The number of carbonyl (C=O) groups is 1. The molecule has 0 aliphatic carbocycles. The summed E-state index contributed by atoms with van der Waals surface area (Å²) in [5, 5.41) is 16.7. The number of rotatable bonds is 4. The monoisotopic (exact) mass is 322 g/mol. The minimum Gasteiger partial charge on any atom is -0.282 e. The summed E-state index contributed by atoms with van der Waals surface area (Å²) in [6.07, 6.45) is 4.84. The zero-order valence-electron chi connectivity index (χ0n) is 12.4. The summed E-state index contributed by atoms with van der Waals surface area (Å²) >= 11 is 5.85. The molecule has 1 heterocycles. The summed E-state index contributed by atoms with van der Waals surface area (Å²) in [5.41, 5.74) is 1.63. The van der Waals surface area contributed by atoms with Crippen molar-refractivity contribution < 1.29 is 9.36 Å². The van der Waals surface area contributed by atoms with E-state index in [0.717, 1.165) is 5.56 Å². The third-order valence-corrected chi connectivity index (χ3v) is 3.35. The minimum atomic E-state index is -0.278. The molecule has 2 rings (SSSR count). The normalized spacial score (nSPS) is 10.6. The fraction of sp³-hybridized carbons (Fsp3) is 0.0556. The van der Waals surface area contributed by atoms with Gasteiger partial charge in [0.05, 0.1) is 0 Å². The van der Waals surface area contributed by atoms with Gasteiger partial charge in [0.25, 0.3) is 11.5 Å². The first kappa shape index (κ1) is 16.4. The molecule has 23 heavy (non-hydrogen) atoms. The van der Waals surface area contributed by atoms with E-state index in [1.807, 2.05) is 24.9 Å². The zero-order valence-corrected chi connectivity index (χ0v) is 13.1. The molecule has 0 fully saturated rings. The highest BCUT2D eigenvalue weighted by molar-refractivity contribution is 6.31. The predicted molar refractivity (Wildman–Crippen MR) is 88.3 cm³/mol. The highest BCUT2D eigenvalue weighted by atomic mass is 35.5. The molecule has 112 valence electrons. The van der Waals surface area contributed by atoms with E-state index in [-0.39, 0.29) is 17.1 Å². The van der Waals surface area contributed by atoms with Crippen molar-refractivity contribution >= 4 is 29.0 Å². The SMILES string of the molecule is Cc1ccc[n+](/C(=C\C(=C=N)C#N)C(=O)c2ccc(Cl)cc2)c1. The molecule has 0 saturated heterocycles. The summed E-state index contributed by atoms with van der Waals surface area (Å²) in [6.45, 7) is 1.90. The number of aromatic nitrogens is 1. The van der Waals surface area contributed by atoms with Gasteiger partial charge >= 0.3 is 0 Å². The Morgan fingerprint density at radius 2 is 2.00 bits per heavy atom. The second-order valence-corrected chi connectivity index (χ2v) is 5.24. The van der Waals surface area contributed by atoms with E-state index in [4.69, 9.17) is 22.3 Å². The number of allylic oxidation sites excluding steroid dienone is 3. The minimum absolute atomic E-state index is 0.0312. The first-order chi connectivity index (χ1) is 11.0. The number of nitrogens with zero attached hydrogens (tertiary/aromatic N) is 2. The van der Waals surface area contributed by atoms with Gasteiger partial charge in [-0.25, -0.2) is 0 Å². The van der Waals surface area contributed by atoms with Gasteiger partial charge in [0.2, 0.25) is 0 Å². The summed E-state index contributed by atoms with van der Waals surface area (Å²) < 4.78 is 1.63. The van der Waals surface area contributed by atoms with Gasteiger partial charge in [-0.2, -0.15) is 9.83 Å². The van der Waals surface area contributed by atoms with Gasteiger partial charge < -0.3 is 0 Å².